The van der Waals surface area contributed by atoms with Crippen molar-refractivity contribution < 1.29 is 14.1 Å². The number of hydrogen-bond donors (Lipinski definition) is 0. The van der Waals surface area contributed by atoms with E-state index < -0.39 is 0 Å². The van der Waals surface area contributed by atoms with Gasteiger partial charge in [0, 0.05) is 12.3 Å². The highest BCUT2D eigenvalue weighted by Crippen LogP contribution is 2.27. The van der Waals surface area contributed by atoms with Gasteiger partial charge in [0.1, 0.15) is 23.9 Å². The maximum Gasteiger partial charge on any atom is 0.140 e. The first-order chi connectivity index (χ1) is 11.6. The van der Waals surface area contributed by atoms with Crippen LogP contribution in [0.15, 0.2) is 28.8 Å². The van der Waals surface area contributed by atoms with E-state index in [0.29, 0.717) is 24.7 Å². The number of ketones is 1. The Kier molecular flexibility index (Phi) is 5.34. The molecule has 3 rings (SSSR count). The fourth-order valence-corrected chi connectivity index (χ4v) is 3.34. The van der Waals surface area contributed by atoms with E-state index in [1.807, 2.05) is 38.1 Å². The van der Waals surface area contributed by atoms with Crippen molar-refractivity contribution in [2.75, 3.05) is 0 Å². The van der Waals surface area contributed by atoms with E-state index in [1.54, 1.807) is 0 Å². The van der Waals surface area contributed by atoms with E-state index in [4.69, 9.17) is 9.26 Å². The Labute approximate surface area is 143 Å². The summed E-state index contributed by atoms with van der Waals surface area (Å²) >= 11 is 0. The van der Waals surface area contributed by atoms with Crippen molar-refractivity contribution in [2.45, 2.75) is 59.0 Å². The van der Waals surface area contributed by atoms with Crippen molar-refractivity contribution >= 4 is 5.78 Å². The minimum atomic E-state index is 0.322. The second-order valence-corrected chi connectivity index (χ2v) is 6.68. The van der Waals surface area contributed by atoms with Crippen LogP contribution in [-0.2, 0) is 17.8 Å². The molecule has 0 saturated heterocycles. The molecular weight excluding hydrogens is 302 g/mol. The van der Waals surface area contributed by atoms with Crippen molar-refractivity contribution in [3.63, 3.8) is 0 Å². The van der Waals surface area contributed by atoms with Gasteiger partial charge in [-0.25, -0.2) is 0 Å². The predicted octanol–water partition coefficient (Wildman–Crippen LogP) is 4.56. The Morgan fingerprint density at radius 2 is 1.92 bits per heavy atom. The number of nitrogens with zero attached hydrogens (tertiary/aromatic N) is 1. The molecule has 1 fully saturated rings. The molecule has 0 unspecified atom stereocenters. The zero-order chi connectivity index (χ0) is 16.9. The van der Waals surface area contributed by atoms with Gasteiger partial charge < -0.3 is 9.26 Å². The topological polar surface area (TPSA) is 52.3 Å². The van der Waals surface area contributed by atoms with Gasteiger partial charge in [-0.1, -0.05) is 30.1 Å². The van der Waals surface area contributed by atoms with Crippen LogP contribution in [0.5, 0.6) is 5.75 Å². The Hall–Kier alpha value is -2.10. The number of benzene rings is 1. The van der Waals surface area contributed by atoms with Crippen molar-refractivity contribution in [2.24, 2.45) is 5.92 Å². The number of carbonyl (C=O) groups is 1. The normalized spacial score (nSPS) is 14.9. The highest BCUT2D eigenvalue weighted by molar-refractivity contribution is 5.81. The zero-order valence-electron chi connectivity index (χ0n) is 14.5. The molecule has 2 aromatic rings. The molecule has 0 N–H and O–H groups in total. The quantitative estimate of drug-likeness (QED) is 0.748. The molecular formula is C20H25NO3. The molecule has 1 saturated carbocycles. The average molecular weight is 327 g/mol. The summed E-state index contributed by atoms with van der Waals surface area (Å²) in [6.45, 7) is 4.27. The zero-order valence-corrected chi connectivity index (χ0v) is 14.5. The molecule has 1 aliphatic carbocycles. The van der Waals surface area contributed by atoms with Crippen LogP contribution in [0.25, 0.3) is 0 Å². The molecule has 0 radical (unpaired) electrons. The molecule has 0 aliphatic heterocycles. The number of rotatable bonds is 7. The lowest BCUT2D eigenvalue weighted by molar-refractivity contribution is -0.122. The van der Waals surface area contributed by atoms with Crippen molar-refractivity contribution in [1.82, 2.24) is 5.16 Å². The molecule has 1 aromatic heterocycles. The minimum absolute atomic E-state index is 0.322. The van der Waals surface area contributed by atoms with E-state index in [0.717, 1.165) is 42.0 Å². The Bertz CT molecular complexity index is 662. The standard InChI is InChI=1S/C20H25NO3/c1-14-19(15(2)24-21-14)13-23-18-10-7-16(8-11-18)9-12-20(22)17-5-3-4-6-17/h7-8,10-11,17H,3-6,9,12-13H2,1-2H3. The summed E-state index contributed by atoms with van der Waals surface area (Å²) in [6.07, 6.45) is 6.09. The van der Waals surface area contributed by atoms with Gasteiger partial charge in [0.2, 0.25) is 0 Å². The van der Waals surface area contributed by atoms with Crippen LogP contribution < -0.4 is 4.74 Å². The summed E-state index contributed by atoms with van der Waals surface area (Å²) in [6, 6.07) is 8.02. The highest BCUT2D eigenvalue weighted by atomic mass is 16.5. The van der Waals surface area contributed by atoms with Crippen LogP contribution in [0.2, 0.25) is 0 Å². The first kappa shape index (κ1) is 16.7. The van der Waals surface area contributed by atoms with Gasteiger partial charge >= 0.3 is 0 Å². The number of aryl methyl sites for hydroxylation is 3. The lowest BCUT2D eigenvalue weighted by Gasteiger charge is -2.09. The van der Waals surface area contributed by atoms with Crippen LogP contribution in [0.1, 0.15) is 54.7 Å². The monoisotopic (exact) mass is 327 g/mol. The molecule has 4 nitrogen and oxygen atoms in total. The van der Waals surface area contributed by atoms with Gasteiger partial charge in [0.05, 0.1) is 11.3 Å². The summed E-state index contributed by atoms with van der Waals surface area (Å²) in [5, 5.41) is 3.93. The Morgan fingerprint density at radius 3 is 2.54 bits per heavy atom. The van der Waals surface area contributed by atoms with Crippen molar-refractivity contribution in [3.05, 3.63) is 46.8 Å². The van der Waals surface area contributed by atoms with Crippen LogP contribution in [0.3, 0.4) is 0 Å². The molecule has 24 heavy (non-hydrogen) atoms. The van der Waals surface area contributed by atoms with Gasteiger partial charge in [0.15, 0.2) is 0 Å². The minimum Gasteiger partial charge on any atom is -0.489 e. The number of aromatic nitrogens is 1. The van der Waals surface area contributed by atoms with Gasteiger partial charge in [-0.15, -0.1) is 0 Å². The summed E-state index contributed by atoms with van der Waals surface area (Å²) in [7, 11) is 0. The third kappa shape index (κ3) is 4.05. The molecule has 128 valence electrons. The lowest BCUT2D eigenvalue weighted by atomic mass is 9.97. The fourth-order valence-electron chi connectivity index (χ4n) is 3.34. The summed E-state index contributed by atoms with van der Waals surface area (Å²) in [4.78, 5) is 12.1. The van der Waals surface area contributed by atoms with Gasteiger partial charge in [-0.05, 0) is 50.8 Å². The predicted molar refractivity (Wildman–Crippen MR) is 92.0 cm³/mol. The molecule has 0 amide bonds. The van der Waals surface area contributed by atoms with Gasteiger partial charge in [0.25, 0.3) is 0 Å². The first-order valence-electron chi connectivity index (χ1n) is 8.79. The first-order valence-corrected chi connectivity index (χ1v) is 8.79. The molecule has 1 aliphatic rings. The Morgan fingerprint density at radius 1 is 1.21 bits per heavy atom. The fraction of sp³-hybridized carbons (Fsp3) is 0.500. The molecule has 4 heteroatoms. The average Bonchev–Trinajstić information content (AvgIpc) is 3.23. The van der Waals surface area contributed by atoms with Crippen molar-refractivity contribution in [1.29, 1.82) is 0 Å². The summed E-state index contributed by atoms with van der Waals surface area (Å²) in [5.74, 6) is 2.38. The molecule has 1 aromatic carbocycles. The maximum atomic E-state index is 12.1. The maximum absolute atomic E-state index is 12.1. The van der Waals surface area contributed by atoms with E-state index in [-0.39, 0.29) is 0 Å². The van der Waals surface area contributed by atoms with E-state index in [1.165, 1.54) is 18.4 Å². The van der Waals surface area contributed by atoms with Gasteiger partial charge in [-0.3, -0.25) is 4.79 Å². The van der Waals surface area contributed by atoms with Crippen LogP contribution in [0, 0.1) is 19.8 Å². The lowest BCUT2D eigenvalue weighted by Crippen LogP contribution is -2.11. The molecule has 0 spiro atoms. The van der Waals surface area contributed by atoms with Crippen molar-refractivity contribution in [3.8, 4) is 5.75 Å². The third-order valence-electron chi connectivity index (χ3n) is 4.96. The second-order valence-electron chi connectivity index (χ2n) is 6.68. The summed E-state index contributed by atoms with van der Waals surface area (Å²) in [5.41, 5.74) is 3.06. The van der Waals surface area contributed by atoms with E-state index >= 15 is 0 Å². The molecule has 0 bridgehead atoms. The van der Waals surface area contributed by atoms with E-state index in [9.17, 15) is 4.79 Å². The van der Waals surface area contributed by atoms with E-state index in [2.05, 4.69) is 5.16 Å². The number of Topliss-reactive ketones (excluding diaryl/α,β-unsaturated/α-hetero) is 1. The van der Waals surface area contributed by atoms with Crippen LogP contribution >= 0.6 is 0 Å². The van der Waals surface area contributed by atoms with Gasteiger partial charge in [-0.2, -0.15) is 0 Å². The highest BCUT2D eigenvalue weighted by Gasteiger charge is 2.21. The molecule has 1 heterocycles. The number of ether oxygens (including phenoxy) is 1. The second kappa shape index (κ2) is 7.65. The number of carbonyl (C=O) groups excluding carboxylic acids is 1. The smallest absolute Gasteiger partial charge is 0.140 e. The summed E-state index contributed by atoms with van der Waals surface area (Å²) < 4.78 is 10.9. The number of hydrogen-bond acceptors (Lipinski definition) is 4. The van der Waals surface area contributed by atoms with Crippen LogP contribution in [-0.4, -0.2) is 10.9 Å². The molecule has 0 atom stereocenters. The Balaban J connectivity index is 1.49. The van der Waals surface area contributed by atoms with Crippen LogP contribution in [0.4, 0.5) is 0 Å². The largest absolute Gasteiger partial charge is 0.489 e. The third-order valence-corrected chi connectivity index (χ3v) is 4.96. The SMILES string of the molecule is Cc1noc(C)c1COc1ccc(CCC(=O)C2CCCC2)cc1.